The number of carbonyl (C=O) groups excluding carboxylic acids is 1. The molecule has 35 heavy (non-hydrogen) atoms. The van der Waals surface area contributed by atoms with E-state index in [9.17, 15) is 9.90 Å². The molecular weight excluding hydrogens is 481 g/mol. The highest BCUT2D eigenvalue weighted by atomic mass is 35.5. The van der Waals surface area contributed by atoms with Gasteiger partial charge in [-0.3, -0.25) is 9.78 Å². The molecule has 7 heteroatoms. The number of benzene rings is 1. The maximum absolute atomic E-state index is 13.4. The first-order valence-corrected chi connectivity index (χ1v) is 13.3. The van der Waals surface area contributed by atoms with Crippen LogP contribution in [0.1, 0.15) is 66.8 Å². The maximum Gasteiger partial charge on any atom is 0.169 e. The Bertz CT molecular complexity index is 1210. The number of nitrogens with zero attached hydrogens (tertiary/aromatic N) is 3. The predicted molar refractivity (Wildman–Crippen MR) is 144 cm³/mol. The summed E-state index contributed by atoms with van der Waals surface area (Å²) in [6.45, 7) is 0. The Labute approximate surface area is 217 Å². The summed E-state index contributed by atoms with van der Waals surface area (Å²) in [5.41, 5.74) is 3.66. The highest BCUT2D eigenvalue weighted by molar-refractivity contribution is 6.35. The molecule has 186 valence electrons. The minimum absolute atomic E-state index is 0.0434. The van der Waals surface area contributed by atoms with Crippen LogP contribution in [-0.4, -0.2) is 54.0 Å². The van der Waals surface area contributed by atoms with Gasteiger partial charge in [-0.05, 0) is 76.7 Å². The van der Waals surface area contributed by atoms with Gasteiger partial charge < -0.3 is 14.9 Å². The molecular formula is C28H33Cl2N3O2. The molecule has 1 N–H and O–H groups in total. The van der Waals surface area contributed by atoms with E-state index in [1.165, 1.54) is 0 Å². The summed E-state index contributed by atoms with van der Waals surface area (Å²) in [5.74, 6) is 0.246. The molecule has 3 aliphatic carbocycles. The number of halogens is 2. The van der Waals surface area contributed by atoms with Gasteiger partial charge in [-0.15, -0.1) is 0 Å². The van der Waals surface area contributed by atoms with Crippen molar-refractivity contribution in [2.45, 2.75) is 62.9 Å². The molecule has 0 spiro atoms. The summed E-state index contributed by atoms with van der Waals surface area (Å²) in [6.07, 6.45) is 10.6. The lowest BCUT2D eigenvalue weighted by molar-refractivity contribution is 0.0967. The Morgan fingerprint density at radius 2 is 1.71 bits per heavy atom. The van der Waals surface area contributed by atoms with Gasteiger partial charge in [0.15, 0.2) is 5.78 Å². The van der Waals surface area contributed by atoms with Crippen LogP contribution in [0.25, 0.3) is 10.9 Å². The summed E-state index contributed by atoms with van der Waals surface area (Å²) in [7, 11) is 6.46. The summed E-state index contributed by atoms with van der Waals surface area (Å²) in [4.78, 5) is 22.7. The van der Waals surface area contributed by atoms with Crippen LogP contribution in [0.3, 0.4) is 0 Å². The lowest BCUT2D eigenvalue weighted by atomic mass is 9.88. The summed E-state index contributed by atoms with van der Waals surface area (Å²) in [5, 5.41) is 11.7. The summed E-state index contributed by atoms with van der Waals surface area (Å²) >= 11 is 12.5. The van der Waals surface area contributed by atoms with Gasteiger partial charge in [0.1, 0.15) is 5.76 Å². The first kappa shape index (κ1) is 24.6. The SMILES string of the molecule is CN(C)C1CCC(N(C)c2c(C(=O)C3CC3)cnc3ccc(C4C=C(Cl)C(O)=C(Cl)C4)cc23)CC1. The van der Waals surface area contributed by atoms with E-state index in [1.807, 2.05) is 18.2 Å². The molecule has 1 unspecified atom stereocenters. The Morgan fingerprint density at radius 3 is 2.34 bits per heavy atom. The number of hydrogen-bond donors (Lipinski definition) is 1. The highest BCUT2D eigenvalue weighted by Crippen LogP contribution is 2.42. The number of fused-ring (bicyclic) bond motifs is 1. The quantitative estimate of drug-likeness (QED) is 0.432. The first-order valence-electron chi connectivity index (χ1n) is 12.6. The molecule has 1 heterocycles. The number of aliphatic hydroxyl groups is 1. The molecule has 0 saturated heterocycles. The normalized spacial score (nSPS) is 25.2. The number of carbonyl (C=O) groups is 1. The fourth-order valence-corrected chi connectivity index (χ4v) is 6.23. The number of aromatic nitrogens is 1. The first-order chi connectivity index (χ1) is 16.7. The van der Waals surface area contributed by atoms with Crippen molar-refractivity contribution < 1.29 is 9.90 Å². The van der Waals surface area contributed by atoms with Crippen molar-refractivity contribution >= 4 is 45.6 Å². The van der Waals surface area contributed by atoms with E-state index in [0.717, 1.165) is 66.2 Å². The van der Waals surface area contributed by atoms with Crippen LogP contribution in [0.4, 0.5) is 5.69 Å². The average Bonchev–Trinajstić information content (AvgIpc) is 3.71. The molecule has 1 aromatic heterocycles. The third-order valence-corrected chi connectivity index (χ3v) is 8.67. The number of rotatable bonds is 6. The standard InChI is InChI=1S/C28H33Cl2N3O2/c1-32(2)19-7-9-20(10-8-19)33(3)26-21-12-17(18-13-23(29)28(35)24(30)14-18)6-11-25(21)31-15-22(26)27(34)16-4-5-16/h6,11-13,15-16,18-20,35H,4-5,7-10,14H2,1-3H3. The van der Waals surface area contributed by atoms with Crippen molar-refractivity contribution in [1.82, 2.24) is 9.88 Å². The smallest absolute Gasteiger partial charge is 0.169 e. The van der Waals surface area contributed by atoms with E-state index in [4.69, 9.17) is 28.2 Å². The summed E-state index contributed by atoms with van der Waals surface area (Å²) < 4.78 is 0. The van der Waals surface area contributed by atoms with Crippen molar-refractivity contribution in [2.24, 2.45) is 5.92 Å². The molecule has 0 bridgehead atoms. The molecule has 0 amide bonds. The number of pyridine rings is 1. The minimum atomic E-state index is -0.0493. The molecule has 1 atom stereocenters. The largest absolute Gasteiger partial charge is 0.505 e. The van der Waals surface area contributed by atoms with Gasteiger partial charge in [0.25, 0.3) is 0 Å². The van der Waals surface area contributed by atoms with Crippen LogP contribution in [0.2, 0.25) is 0 Å². The van der Waals surface area contributed by atoms with Crippen molar-refractivity contribution in [3.05, 3.63) is 57.4 Å². The van der Waals surface area contributed by atoms with Crippen molar-refractivity contribution in [2.75, 3.05) is 26.0 Å². The second-order valence-corrected chi connectivity index (χ2v) is 11.4. The molecule has 2 fully saturated rings. The predicted octanol–water partition coefficient (Wildman–Crippen LogP) is 6.75. The van der Waals surface area contributed by atoms with Crippen molar-refractivity contribution in [1.29, 1.82) is 0 Å². The molecule has 5 nitrogen and oxygen atoms in total. The van der Waals surface area contributed by atoms with Gasteiger partial charge in [0, 0.05) is 42.6 Å². The van der Waals surface area contributed by atoms with Crippen molar-refractivity contribution in [3.63, 3.8) is 0 Å². The second kappa shape index (κ2) is 9.76. The number of ketones is 1. The summed E-state index contributed by atoms with van der Waals surface area (Å²) in [6, 6.07) is 7.20. The van der Waals surface area contributed by atoms with E-state index in [2.05, 4.69) is 37.0 Å². The van der Waals surface area contributed by atoms with Gasteiger partial charge in [0.2, 0.25) is 0 Å². The lowest BCUT2D eigenvalue weighted by Gasteiger charge is -2.39. The third-order valence-electron chi connectivity index (χ3n) is 8.03. The van der Waals surface area contributed by atoms with E-state index in [0.29, 0.717) is 23.5 Å². The molecule has 1 aromatic carbocycles. The van der Waals surface area contributed by atoms with E-state index in [-0.39, 0.29) is 28.4 Å². The van der Waals surface area contributed by atoms with Gasteiger partial charge in [-0.25, -0.2) is 0 Å². The molecule has 0 aliphatic heterocycles. The average molecular weight is 514 g/mol. The Morgan fingerprint density at radius 1 is 1.03 bits per heavy atom. The van der Waals surface area contributed by atoms with Crippen molar-refractivity contribution in [3.8, 4) is 0 Å². The lowest BCUT2D eigenvalue weighted by Crippen LogP contribution is -2.41. The fourth-order valence-electron chi connectivity index (χ4n) is 5.64. The molecule has 3 aliphatic rings. The van der Waals surface area contributed by atoms with Gasteiger partial charge in [0.05, 0.1) is 26.8 Å². The topological polar surface area (TPSA) is 56.7 Å². The van der Waals surface area contributed by atoms with E-state index >= 15 is 0 Å². The monoisotopic (exact) mass is 513 g/mol. The van der Waals surface area contributed by atoms with Crippen LogP contribution in [-0.2, 0) is 0 Å². The Kier molecular flexibility index (Phi) is 6.86. The third kappa shape index (κ3) is 4.83. The Balaban J connectivity index is 1.56. The Hall–Kier alpha value is -2.08. The van der Waals surface area contributed by atoms with Crippen LogP contribution in [0.5, 0.6) is 0 Å². The molecule has 2 saturated carbocycles. The van der Waals surface area contributed by atoms with Crippen LogP contribution in [0.15, 0.2) is 46.3 Å². The van der Waals surface area contributed by atoms with Gasteiger partial charge in [-0.2, -0.15) is 0 Å². The second-order valence-electron chi connectivity index (χ2n) is 10.6. The highest BCUT2D eigenvalue weighted by Gasteiger charge is 2.35. The maximum atomic E-state index is 13.4. The molecule has 0 radical (unpaired) electrons. The number of Topliss-reactive ketones (excluding diaryl/α,β-unsaturated/α-hetero) is 1. The zero-order valence-electron chi connectivity index (χ0n) is 20.6. The van der Waals surface area contributed by atoms with Crippen LogP contribution < -0.4 is 4.90 Å². The van der Waals surface area contributed by atoms with E-state index in [1.54, 1.807) is 6.20 Å². The number of allylic oxidation sites excluding steroid dienone is 3. The molecule has 2 aromatic rings. The van der Waals surface area contributed by atoms with E-state index < -0.39 is 0 Å². The molecule has 5 rings (SSSR count). The number of aliphatic hydroxyl groups excluding tert-OH is 1. The minimum Gasteiger partial charge on any atom is -0.505 e. The van der Waals surface area contributed by atoms with Gasteiger partial charge >= 0.3 is 0 Å². The number of hydrogen-bond acceptors (Lipinski definition) is 5. The number of anilines is 1. The fraction of sp³-hybridized carbons (Fsp3) is 0.500. The van der Waals surface area contributed by atoms with Crippen LogP contribution in [0, 0.1) is 5.92 Å². The zero-order chi connectivity index (χ0) is 24.9. The van der Waals surface area contributed by atoms with Crippen LogP contribution >= 0.6 is 23.2 Å². The van der Waals surface area contributed by atoms with Gasteiger partial charge in [-0.1, -0.05) is 35.3 Å². The zero-order valence-corrected chi connectivity index (χ0v) is 22.1.